The molecule has 0 aliphatic carbocycles. The fourth-order valence-electron chi connectivity index (χ4n) is 2.45. The normalized spacial score (nSPS) is 12.3. The quantitative estimate of drug-likeness (QED) is 0.743. The maximum Gasteiger partial charge on any atom is 0.573 e. The zero-order valence-electron chi connectivity index (χ0n) is 12.8. The number of alkyl halides is 3. The molecule has 26 heavy (non-hydrogen) atoms. The number of fused-ring (bicyclic) bond motifs is 1. The second-order valence-electron chi connectivity index (χ2n) is 5.19. The van der Waals surface area contributed by atoms with E-state index in [0.717, 1.165) is 34.4 Å². The molecule has 0 aliphatic rings. The number of para-hydroxylation sites is 1. The third-order valence-corrected chi connectivity index (χ3v) is 5.21. The van der Waals surface area contributed by atoms with E-state index in [1.807, 2.05) is 0 Å². The van der Waals surface area contributed by atoms with Crippen LogP contribution in [0.15, 0.2) is 59.6 Å². The predicted molar refractivity (Wildman–Crippen MR) is 84.6 cm³/mol. The molecule has 0 spiro atoms. The van der Waals surface area contributed by atoms with Gasteiger partial charge in [0.05, 0.1) is 16.0 Å². The lowest BCUT2D eigenvalue weighted by Crippen LogP contribution is -2.17. The van der Waals surface area contributed by atoms with Crippen LogP contribution in [0, 0.1) is 0 Å². The predicted octanol–water partition coefficient (Wildman–Crippen LogP) is 3.48. The van der Waals surface area contributed by atoms with E-state index < -0.39 is 28.1 Å². The lowest BCUT2D eigenvalue weighted by Gasteiger charge is -2.10. The van der Waals surface area contributed by atoms with Gasteiger partial charge in [-0.15, -0.1) is 13.2 Å². The van der Waals surface area contributed by atoms with E-state index in [0.29, 0.717) is 0 Å². The molecule has 0 aliphatic heterocycles. The molecule has 1 N–H and O–H groups in total. The van der Waals surface area contributed by atoms with Gasteiger partial charge in [0.15, 0.2) is 0 Å². The minimum Gasteiger partial charge on any atom is -0.478 e. The summed E-state index contributed by atoms with van der Waals surface area (Å²) in [6.45, 7) is 0. The molecule has 0 unspecified atom stereocenters. The first-order valence-electron chi connectivity index (χ1n) is 7.04. The lowest BCUT2D eigenvalue weighted by atomic mass is 10.2. The largest absolute Gasteiger partial charge is 0.573 e. The summed E-state index contributed by atoms with van der Waals surface area (Å²) < 4.78 is 66.6. The summed E-state index contributed by atoms with van der Waals surface area (Å²) in [6, 6.07) is 9.63. The Labute approximate surface area is 145 Å². The number of carboxylic acids is 1. The summed E-state index contributed by atoms with van der Waals surface area (Å²) in [4.78, 5) is 11.0. The molecular weight excluding hydrogens is 375 g/mol. The monoisotopic (exact) mass is 385 g/mol. The molecule has 2 aromatic carbocycles. The number of nitrogens with zero attached hydrogens (tertiary/aromatic N) is 1. The number of halogens is 3. The van der Waals surface area contributed by atoms with Crippen LogP contribution in [-0.2, 0) is 10.0 Å². The van der Waals surface area contributed by atoms with Gasteiger partial charge in [-0.2, -0.15) is 0 Å². The Hall–Kier alpha value is -3.01. The second-order valence-corrected chi connectivity index (χ2v) is 7.00. The van der Waals surface area contributed by atoms with Crippen molar-refractivity contribution in [2.75, 3.05) is 0 Å². The number of ether oxygens (including phenoxy) is 1. The number of benzene rings is 2. The molecule has 0 fully saturated rings. The minimum atomic E-state index is -4.90. The highest BCUT2D eigenvalue weighted by Crippen LogP contribution is 2.28. The Morgan fingerprint density at radius 3 is 2.23 bits per heavy atom. The average Bonchev–Trinajstić information content (AvgIpc) is 2.94. The van der Waals surface area contributed by atoms with E-state index in [2.05, 4.69) is 4.74 Å². The Kier molecular flexibility index (Phi) is 4.15. The fraction of sp³-hybridized carbons (Fsp3) is 0.0625. The average molecular weight is 385 g/mol. The maximum atomic E-state index is 12.8. The summed E-state index contributed by atoms with van der Waals surface area (Å²) in [5.41, 5.74) is -0.0679. The molecule has 0 amide bonds. The van der Waals surface area contributed by atoms with E-state index in [9.17, 15) is 31.5 Å². The lowest BCUT2D eigenvalue weighted by molar-refractivity contribution is -0.274. The van der Waals surface area contributed by atoms with Crippen LogP contribution in [0.5, 0.6) is 5.75 Å². The summed E-state index contributed by atoms with van der Waals surface area (Å²) >= 11 is 0. The SMILES string of the molecule is O=C(O)c1cn(S(=O)(=O)c2ccc(OC(F)(F)F)cc2)c2ccccc12. The van der Waals surface area contributed by atoms with Crippen LogP contribution < -0.4 is 4.74 Å². The highest BCUT2D eigenvalue weighted by Gasteiger charge is 2.31. The van der Waals surface area contributed by atoms with E-state index in [1.54, 1.807) is 12.1 Å². The Morgan fingerprint density at radius 1 is 1.04 bits per heavy atom. The zero-order chi connectivity index (χ0) is 19.1. The summed E-state index contributed by atoms with van der Waals surface area (Å²) in [5.74, 6) is -1.87. The first-order chi connectivity index (χ1) is 12.1. The molecule has 0 radical (unpaired) electrons. The first kappa shape index (κ1) is 17.8. The molecule has 0 atom stereocenters. The van der Waals surface area contributed by atoms with Gasteiger partial charge in [-0.05, 0) is 30.3 Å². The number of hydrogen-bond donors (Lipinski definition) is 1. The van der Waals surface area contributed by atoms with Crippen LogP contribution in [0.25, 0.3) is 10.9 Å². The van der Waals surface area contributed by atoms with Gasteiger partial charge in [0.1, 0.15) is 5.75 Å². The van der Waals surface area contributed by atoms with Gasteiger partial charge in [0, 0.05) is 11.6 Å². The molecule has 3 aromatic rings. The van der Waals surface area contributed by atoms with Gasteiger partial charge in [-0.1, -0.05) is 18.2 Å². The maximum absolute atomic E-state index is 12.8. The van der Waals surface area contributed by atoms with Crippen molar-refractivity contribution in [1.29, 1.82) is 0 Å². The van der Waals surface area contributed by atoms with Crippen molar-refractivity contribution in [1.82, 2.24) is 3.97 Å². The molecular formula is C16H10F3NO5S. The highest BCUT2D eigenvalue weighted by molar-refractivity contribution is 7.90. The van der Waals surface area contributed by atoms with E-state index in [1.165, 1.54) is 12.1 Å². The Bertz CT molecular complexity index is 1090. The highest BCUT2D eigenvalue weighted by atomic mass is 32.2. The summed E-state index contributed by atoms with van der Waals surface area (Å²) in [7, 11) is -4.22. The number of hydrogen-bond acceptors (Lipinski definition) is 4. The number of rotatable bonds is 4. The number of carboxylic acid groups (broad SMARTS) is 1. The number of aromatic nitrogens is 1. The van der Waals surface area contributed by atoms with Gasteiger partial charge >= 0.3 is 12.3 Å². The van der Waals surface area contributed by atoms with Gasteiger partial charge in [-0.25, -0.2) is 17.2 Å². The minimum absolute atomic E-state index is 0.139. The Morgan fingerprint density at radius 2 is 1.65 bits per heavy atom. The van der Waals surface area contributed by atoms with E-state index in [4.69, 9.17) is 0 Å². The van der Waals surface area contributed by atoms with E-state index >= 15 is 0 Å². The van der Waals surface area contributed by atoms with Crippen molar-refractivity contribution in [3.8, 4) is 5.75 Å². The molecule has 1 heterocycles. The summed E-state index contributed by atoms with van der Waals surface area (Å²) in [5, 5.41) is 9.47. The topological polar surface area (TPSA) is 85.6 Å². The second kappa shape index (κ2) is 6.06. The van der Waals surface area contributed by atoms with Crippen LogP contribution >= 0.6 is 0 Å². The molecule has 0 saturated heterocycles. The molecule has 10 heteroatoms. The van der Waals surface area contributed by atoms with Crippen LogP contribution in [0.3, 0.4) is 0 Å². The number of carbonyl (C=O) groups is 1. The van der Waals surface area contributed by atoms with Gasteiger partial charge in [0.25, 0.3) is 10.0 Å². The van der Waals surface area contributed by atoms with Crippen LogP contribution in [0.2, 0.25) is 0 Å². The standard InChI is InChI=1S/C16H10F3NO5S/c17-16(18,19)25-10-5-7-11(8-6-10)26(23,24)20-9-13(15(21)22)12-3-1-2-4-14(12)20/h1-9H,(H,21,22). The zero-order valence-corrected chi connectivity index (χ0v) is 13.6. The smallest absolute Gasteiger partial charge is 0.478 e. The van der Waals surface area contributed by atoms with Crippen LogP contribution in [0.4, 0.5) is 13.2 Å². The molecule has 3 rings (SSSR count). The molecule has 136 valence electrons. The molecule has 0 saturated carbocycles. The summed E-state index contributed by atoms with van der Waals surface area (Å²) in [6.07, 6.45) is -3.93. The molecule has 6 nitrogen and oxygen atoms in total. The van der Waals surface area contributed by atoms with Crippen molar-refractivity contribution in [2.45, 2.75) is 11.3 Å². The molecule has 0 bridgehead atoms. The van der Waals surface area contributed by atoms with Crippen LogP contribution in [-0.4, -0.2) is 29.8 Å². The van der Waals surface area contributed by atoms with Crippen molar-refractivity contribution in [3.05, 3.63) is 60.3 Å². The van der Waals surface area contributed by atoms with Crippen molar-refractivity contribution in [2.24, 2.45) is 0 Å². The van der Waals surface area contributed by atoms with Crippen LogP contribution in [0.1, 0.15) is 10.4 Å². The number of aromatic carboxylic acids is 1. The first-order valence-corrected chi connectivity index (χ1v) is 8.48. The van der Waals surface area contributed by atoms with Crippen molar-refractivity contribution < 1.29 is 36.2 Å². The van der Waals surface area contributed by atoms with Gasteiger partial charge in [-0.3, -0.25) is 0 Å². The fourth-order valence-corrected chi connectivity index (χ4v) is 3.82. The van der Waals surface area contributed by atoms with Gasteiger partial charge in [0.2, 0.25) is 0 Å². The third kappa shape index (κ3) is 3.23. The van der Waals surface area contributed by atoms with Gasteiger partial charge < -0.3 is 9.84 Å². The van der Waals surface area contributed by atoms with Crippen molar-refractivity contribution >= 4 is 26.9 Å². The Balaban J connectivity index is 2.09. The van der Waals surface area contributed by atoms with E-state index in [-0.39, 0.29) is 21.4 Å². The third-order valence-electron chi connectivity index (χ3n) is 3.52. The molecule has 1 aromatic heterocycles. The van der Waals surface area contributed by atoms with Crippen molar-refractivity contribution in [3.63, 3.8) is 0 Å².